The highest BCUT2D eigenvalue weighted by atomic mass is 35.5. The van der Waals surface area contributed by atoms with Crippen molar-refractivity contribution < 1.29 is 22.0 Å². The Morgan fingerprint density at radius 1 is 0.941 bits per heavy atom. The molecule has 0 amide bonds. The Hall–Kier alpha value is -2.63. The van der Waals surface area contributed by atoms with E-state index in [0.29, 0.717) is 57.7 Å². The molecule has 2 aromatic heterocycles. The van der Waals surface area contributed by atoms with Crippen LogP contribution in [0.3, 0.4) is 0 Å². The molecule has 0 aliphatic heterocycles. The van der Waals surface area contributed by atoms with Gasteiger partial charge in [-0.2, -0.15) is 13.2 Å². The lowest BCUT2D eigenvalue weighted by atomic mass is 9.94. The summed E-state index contributed by atoms with van der Waals surface area (Å²) in [6, 6.07) is 1.51. The van der Waals surface area contributed by atoms with E-state index >= 15 is 8.78 Å². The van der Waals surface area contributed by atoms with Crippen molar-refractivity contribution in [3.8, 4) is 11.4 Å². The van der Waals surface area contributed by atoms with Crippen molar-refractivity contribution in [3.05, 3.63) is 57.8 Å². The Morgan fingerprint density at radius 2 is 1.56 bits per heavy atom. The molecule has 0 aliphatic rings. The smallest absolute Gasteiger partial charge is 0.330 e. The van der Waals surface area contributed by atoms with E-state index in [0.717, 1.165) is 0 Å². The fourth-order valence-electron chi connectivity index (χ4n) is 3.67. The maximum absolute atomic E-state index is 15.3. The zero-order valence-electron chi connectivity index (χ0n) is 18.2. The second-order valence-corrected chi connectivity index (χ2v) is 7.62. The number of nitrogens with two attached hydrogens (primary N) is 2. The van der Waals surface area contributed by atoms with Gasteiger partial charge >= 0.3 is 6.18 Å². The summed E-state index contributed by atoms with van der Waals surface area (Å²) in [7, 11) is 0. The van der Waals surface area contributed by atoms with Crippen LogP contribution >= 0.6 is 12.4 Å². The van der Waals surface area contributed by atoms with E-state index in [4.69, 9.17) is 11.5 Å². The van der Waals surface area contributed by atoms with Gasteiger partial charge in [-0.3, -0.25) is 4.79 Å². The summed E-state index contributed by atoms with van der Waals surface area (Å²) in [6.45, 7) is 1.09. The van der Waals surface area contributed by atoms with E-state index < -0.39 is 40.1 Å². The van der Waals surface area contributed by atoms with E-state index in [1.807, 2.05) is 0 Å². The van der Waals surface area contributed by atoms with Crippen LogP contribution in [-0.4, -0.2) is 27.6 Å². The van der Waals surface area contributed by atoms with Gasteiger partial charge in [0.25, 0.3) is 5.56 Å². The van der Waals surface area contributed by atoms with Gasteiger partial charge in [0.2, 0.25) is 0 Å². The van der Waals surface area contributed by atoms with Gasteiger partial charge in [0, 0.05) is 25.1 Å². The van der Waals surface area contributed by atoms with E-state index in [1.165, 1.54) is 16.8 Å². The maximum atomic E-state index is 15.3. The molecule has 34 heavy (non-hydrogen) atoms. The standard InChI is InChI=1S/C22H24F5N5O.ClH/c23-18-16(20-30-11-13(12-31-20)22(25,26)27)14(5-1-2-7-28)15-6-10-32(9-4-3-8-29)21(33)17(15)19(18)24;/h6,10-12H,1-5,7-9,28-29H2;1H. The average Bonchev–Trinajstić information content (AvgIpc) is 2.78. The van der Waals surface area contributed by atoms with Gasteiger partial charge in [0.05, 0.1) is 16.5 Å². The largest absolute Gasteiger partial charge is 0.419 e. The number of pyridine rings is 1. The molecular formula is C22H25ClF5N5O. The molecule has 0 aliphatic carbocycles. The van der Waals surface area contributed by atoms with Crippen LogP contribution in [0.25, 0.3) is 22.2 Å². The topological polar surface area (TPSA) is 99.8 Å². The summed E-state index contributed by atoms with van der Waals surface area (Å²) in [5.41, 5.74) is 9.10. The molecule has 3 rings (SSSR count). The predicted molar refractivity (Wildman–Crippen MR) is 122 cm³/mol. The number of rotatable bonds is 9. The van der Waals surface area contributed by atoms with E-state index in [9.17, 15) is 18.0 Å². The van der Waals surface area contributed by atoms with E-state index in [2.05, 4.69) is 9.97 Å². The van der Waals surface area contributed by atoms with Crippen molar-refractivity contribution in [1.82, 2.24) is 14.5 Å². The van der Waals surface area contributed by atoms with Crippen molar-refractivity contribution >= 4 is 23.2 Å². The summed E-state index contributed by atoms with van der Waals surface area (Å²) >= 11 is 0. The number of aryl methyl sites for hydroxylation is 2. The first-order valence-electron chi connectivity index (χ1n) is 10.5. The van der Waals surface area contributed by atoms with Crippen LogP contribution in [0.1, 0.15) is 36.8 Å². The van der Waals surface area contributed by atoms with Crippen molar-refractivity contribution in [2.45, 2.75) is 44.8 Å². The lowest BCUT2D eigenvalue weighted by Crippen LogP contribution is -2.22. The lowest BCUT2D eigenvalue weighted by molar-refractivity contribution is -0.138. The SMILES string of the molecule is Cl.NCCCCc1c(-c2ncc(C(F)(F)F)cn2)c(F)c(F)c2c(=O)n(CCCCN)ccc12. The van der Waals surface area contributed by atoms with Gasteiger partial charge in [-0.25, -0.2) is 18.7 Å². The quantitative estimate of drug-likeness (QED) is 0.335. The van der Waals surface area contributed by atoms with Crippen molar-refractivity contribution in [2.75, 3.05) is 13.1 Å². The fourth-order valence-corrected chi connectivity index (χ4v) is 3.67. The van der Waals surface area contributed by atoms with E-state index in [1.54, 1.807) is 0 Å². The number of alkyl halides is 3. The highest BCUT2D eigenvalue weighted by molar-refractivity contribution is 5.91. The Bertz CT molecular complexity index is 1180. The summed E-state index contributed by atoms with van der Waals surface area (Å²) in [4.78, 5) is 20.2. The van der Waals surface area contributed by atoms with Crippen LogP contribution in [0.5, 0.6) is 0 Å². The monoisotopic (exact) mass is 505 g/mol. The van der Waals surface area contributed by atoms with Crippen LogP contribution < -0.4 is 17.0 Å². The summed E-state index contributed by atoms with van der Waals surface area (Å²) in [5.74, 6) is -3.15. The van der Waals surface area contributed by atoms with Crippen LogP contribution in [0, 0.1) is 11.6 Å². The number of hydrogen-bond donors (Lipinski definition) is 2. The number of halogens is 6. The molecule has 0 spiro atoms. The molecule has 0 unspecified atom stereocenters. The van der Waals surface area contributed by atoms with Gasteiger partial charge in [-0.1, -0.05) is 0 Å². The Balaban J connectivity index is 0.00000408. The molecule has 0 bridgehead atoms. The first-order chi connectivity index (χ1) is 15.7. The van der Waals surface area contributed by atoms with Gasteiger partial charge in [0.15, 0.2) is 17.5 Å². The molecule has 0 saturated carbocycles. The highest BCUT2D eigenvalue weighted by Crippen LogP contribution is 2.35. The Kier molecular flexibility index (Phi) is 9.48. The van der Waals surface area contributed by atoms with Crippen molar-refractivity contribution in [3.63, 3.8) is 0 Å². The molecular weight excluding hydrogens is 481 g/mol. The van der Waals surface area contributed by atoms with E-state index in [-0.39, 0.29) is 35.3 Å². The molecule has 0 radical (unpaired) electrons. The van der Waals surface area contributed by atoms with Gasteiger partial charge in [0.1, 0.15) is 0 Å². The molecule has 3 aromatic rings. The zero-order chi connectivity index (χ0) is 24.2. The third kappa shape index (κ3) is 5.70. The number of aromatic nitrogens is 3. The highest BCUT2D eigenvalue weighted by Gasteiger charge is 2.32. The second kappa shape index (κ2) is 11.7. The second-order valence-electron chi connectivity index (χ2n) is 7.62. The molecule has 6 nitrogen and oxygen atoms in total. The third-order valence-electron chi connectivity index (χ3n) is 5.36. The summed E-state index contributed by atoms with van der Waals surface area (Å²) in [5, 5.41) is -0.245. The molecule has 186 valence electrons. The average molecular weight is 506 g/mol. The number of fused-ring (bicyclic) bond motifs is 1. The summed E-state index contributed by atoms with van der Waals surface area (Å²) in [6.07, 6.45) is 0.372. The molecule has 2 heterocycles. The van der Waals surface area contributed by atoms with Crippen LogP contribution in [0.2, 0.25) is 0 Å². The Morgan fingerprint density at radius 3 is 2.15 bits per heavy atom. The molecule has 0 saturated heterocycles. The van der Waals surface area contributed by atoms with Crippen molar-refractivity contribution in [1.29, 1.82) is 0 Å². The molecule has 0 fully saturated rings. The van der Waals surface area contributed by atoms with Crippen LogP contribution in [0.4, 0.5) is 22.0 Å². The van der Waals surface area contributed by atoms with Crippen molar-refractivity contribution in [2.24, 2.45) is 11.5 Å². The minimum Gasteiger partial charge on any atom is -0.330 e. The fraction of sp³-hybridized carbons (Fsp3) is 0.409. The van der Waals surface area contributed by atoms with Gasteiger partial charge in [-0.05, 0) is 62.2 Å². The van der Waals surface area contributed by atoms with Crippen LogP contribution in [0.15, 0.2) is 29.5 Å². The maximum Gasteiger partial charge on any atom is 0.419 e. The lowest BCUT2D eigenvalue weighted by Gasteiger charge is -2.16. The first-order valence-corrected chi connectivity index (χ1v) is 10.5. The number of nitrogens with zero attached hydrogens (tertiary/aromatic N) is 3. The molecule has 0 atom stereocenters. The normalized spacial score (nSPS) is 11.6. The Labute approximate surface area is 198 Å². The van der Waals surface area contributed by atoms with Gasteiger partial charge in [-0.15, -0.1) is 12.4 Å². The number of benzene rings is 1. The minimum atomic E-state index is -4.68. The number of hydrogen-bond acceptors (Lipinski definition) is 5. The predicted octanol–water partition coefficient (Wildman–Crippen LogP) is 4.20. The van der Waals surface area contributed by atoms with Crippen LogP contribution in [-0.2, 0) is 19.1 Å². The molecule has 1 aromatic carbocycles. The minimum absolute atomic E-state index is 0. The van der Waals surface area contributed by atoms with Gasteiger partial charge < -0.3 is 16.0 Å². The first kappa shape index (κ1) is 27.6. The number of unbranched alkanes of at least 4 members (excludes halogenated alkanes) is 2. The third-order valence-corrected chi connectivity index (χ3v) is 5.36. The molecule has 4 N–H and O–H groups in total. The zero-order valence-corrected chi connectivity index (χ0v) is 19.0. The molecule has 12 heteroatoms. The summed E-state index contributed by atoms with van der Waals surface area (Å²) < 4.78 is 70.4.